The molecule has 0 aromatic carbocycles. The molecular weight excluding hydrogens is 280 g/mol. The van der Waals surface area contributed by atoms with E-state index in [1.165, 1.54) is 0 Å². The summed E-state index contributed by atoms with van der Waals surface area (Å²) in [7, 11) is 0. The maximum atomic E-state index is 5.71. The van der Waals surface area contributed by atoms with E-state index in [1.54, 1.807) is 6.33 Å². The fraction of sp³-hybridized carbons (Fsp3) is 0.600. The second-order valence-electron chi connectivity index (χ2n) is 5.61. The van der Waals surface area contributed by atoms with Crippen molar-refractivity contribution in [3.05, 3.63) is 23.5 Å². The van der Waals surface area contributed by atoms with Gasteiger partial charge < -0.3 is 14.2 Å². The van der Waals surface area contributed by atoms with Crippen LogP contribution in [0.3, 0.4) is 0 Å². The first-order valence-corrected chi connectivity index (χ1v) is 7.79. The van der Waals surface area contributed by atoms with Gasteiger partial charge in [0.1, 0.15) is 12.1 Å². The summed E-state index contributed by atoms with van der Waals surface area (Å²) >= 11 is 0. The van der Waals surface area contributed by atoms with Gasteiger partial charge in [0.15, 0.2) is 0 Å². The molecule has 22 heavy (non-hydrogen) atoms. The number of rotatable bonds is 4. The Kier molecular flexibility index (Phi) is 4.22. The summed E-state index contributed by atoms with van der Waals surface area (Å²) in [5.41, 5.74) is 2.19. The van der Waals surface area contributed by atoms with E-state index in [-0.39, 0.29) is 0 Å². The average molecular weight is 302 g/mol. The Balaban J connectivity index is 1.65. The highest BCUT2D eigenvalue weighted by Crippen LogP contribution is 2.22. The lowest BCUT2D eigenvalue weighted by atomic mass is 10.2. The Bertz CT molecular complexity index is 633. The summed E-state index contributed by atoms with van der Waals surface area (Å²) in [5, 5.41) is 8.24. The molecule has 1 saturated heterocycles. The third-order valence-electron chi connectivity index (χ3n) is 4.08. The van der Waals surface area contributed by atoms with Crippen molar-refractivity contribution in [3.8, 4) is 0 Å². The Hall–Kier alpha value is -2.18. The van der Waals surface area contributed by atoms with Crippen molar-refractivity contribution in [2.45, 2.75) is 33.6 Å². The number of hydrogen-bond donors (Lipinski definition) is 0. The smallest absolute Gasteiger partial charge is 0.318 e. The summed E-state index contributed by atoms with van der Waals surface area (Å²) in [4.78, 5) is 13.1. The fourth-order valence-electron chi connectivity index (χ4n) is 2.64. The van der Waals surface area contributed by atoms with Gasteiger partial charge in [-0.1, -0.05) is 12.0 Å². The van der Waals surface area contributed by atoms with Gasteiger partial charge >= 0.3 is 6.01 Å². The lowest BCUT2D eigenvalue weighted by molar-refractivity contribution is 0.471. The number of aromatic nitrogens is 4. The zero-order valence-corrected chi connectivity index (χ0v) is 13.4. The highest BCUT2D eigenvalue weighted by Gasteiger charge is 2.23. The van der Waals surface area contributed by atoms with Gasteiger partial charge in [-0.15, -0.1) is 5.10 Å². The van der Waals surface area contributed by atoms with Crippen molar-refractivity contribution < 1.29 is 4.42 Å². The molecule has 118 valence electrons. The first kappa shape index (κ1) is 14.7. The molecule has 2 aromatic rings. The van der Waals surface area contributed by atoms with E-state index in [0.29, 0.717) is 6.01 Å². The van der Waals surface area contributed by atoms with Crippen LogP contribution in [0.15, 0.2) is 10.7 Å². The zero-order chi connectivity index (χ0) is 15.5. The van der Waals surface area contributed by atoms with E-state index in [9.17, 15) is 0 Å². The van der Waals surface area contributed by atoms with Crippen LogP contribution in [0.1, 0.15) is 30.5 Å². The quantitative estimate of drug-likeness (QED) is 0.852. The Morgan fingerprint density at radius 1 is 1.05 bits per heavy atom. The SMILES string of the molecule is CCCc1nnc(N2CCN(c3ncnc(C)c3C)CC2)o1. The minimum atomic E-state index is 0.638. The van der Waals surface area contributed by atoms with E-state index < -0.39 is 0 Å². The average Bonchev–Trinajstić information content (AvgIpc) is 2.99. The van der Waals surface area contributed by atoms with E-state index in [4.69, 9.17) is 4.42 Å². The third-order valence-corrected chi connectivity index (χ3v) is 4.08. The molecule has 1 fully saturated rings. The monoisotopic (exact) mass is 302 g/mol. The minimum absolute atomic E-state index is 0.638. The summed E-state index contributed by atoms with van der Waals surface area (Å²) < 4.78 is 5.71. The van der Waals surface area contributed by atoms with Gasteiger partial charge in [0.05, 0.1) is 0 Å². The second-order valence-corrected chi connectivity index (χ2v) is 5.61. The summed E-state index contributed by atoms with van der Waals surface area (Å²) in [6.45, 7) is 9.70. The highest BCUT2D eigenvalue weighted by molar-refractivity contribution is 5.49. The van der Waals surface area contributed by atoms with Crippen LogP contribution < -0.4 is 9.80 Å². The van der Waals surface area contributed by atoms with Gasteiger partial charge in [-0.25, -0.2) is 9.97 Å². The lowest BCUT2D eigenvalue weighted by Gasteiger charge is -2.35. The van der Waals surface area contributed by atoms with Gasteiger partial charge in [0.25, 0.3) is 0 Å². The van der Waals surface area contributed by atoms with Crippen LogP contribution in [0.2, 0.25) is 0 Å². The molecule has 7 nitrogen and oxygen atoms in total. The lowest BCUT2D eigenvalue weighted by Crippen LogP contribution is -2.47. The molecule has 0 amide bonds. The van der Waals surface area contributed by atoms with Gasteiger partial charge in [0.2, 0.25) is 5.89 Å². The summed E-state index contributed by atoms with van der Waals surface area (Å²) in [5.74, 6) is 1.76. The van der Waals surface area contributed by atoms with Gasteiger partial charge in [0, 0.05) is 43.9 Å². The molecule has 3 rings (SSSR count). The second kappa shape index (κ2) is 6.29. The Labute approximate surface area is 130 Å². The zero-order valence-electron chi connectivity index (χ0n) is 13.4. The summed E-state index contributed by atoms with van der Waals surface area (Å²) in [6, 6.07) is 0.638. The van der Waals surface area contributed by atoms with Crippen LogP contribution in [0.4, 0.5) is 11.8 Å². The molecule has 1 aliphatic heterocycles. The molecule has 0 atom stereocenters. The molecular formula is C15H22N6O. The number of nitrogens with zero attached hydrogens (tertiary/aromatic N) is 6. The number of anilines is 2. The van der Waals surface area contributed by atoms with E-state index in [0.717, 1.165) is 62.0 Å². The predicted octanol–water partition coefficient (Wildman–Crippen LogP) is 1.76. The van der Waals surface area contributed by atoms with Gasteiger partial charge in [-0.2, -0.15) is 0 Å². The van der Waals surface area contributed by atoms with Crippen molar-refractivity contribution in [2.75, 3.05) is 36.0 Å². The first-order valence-electron chi connectivity index (χ1n) is 7.79. The number of hydrogen-bond acceptors (Lipinski definition) is 7. The molecule has 0 unspecified atom stereocenters. The predicted molar refractivity (Wildman–Crippen MR) is 84.2 cm³/mol. The largest absolute Gasteiger partial charge is 0.408 e. The van der Waals surface area contributed by atoms with Crippen LogP contribution in [-0.4, -0.2) is 46.3 Å². The number of piperazine rings is 1. The third kappa shape index (κ3) is 2.88. The molecule has 1 aliphatic rings. The summed E-state index contributed by atoms with van der Waals surface area (Å²) in [6.07, 6.45) is 3.49. The molecule has 2 aromatic heterocycles. The first-order chi connectivity index (χ1) is 10.7. The molecule has 0 N–H and O–H groups in total. The fourth-order valence-corrected chi connectivity index (χ4v) is 2.64. The van der Waals surface area contributed by atoms with Crippen LogP contribution in [0.5, 0.6) is 0 Å². The van der Waals surface area contributed by atoms with Crippen molar-refractivity contribution in [3.63, 3.8) is 0 Å². The van der Waals surface area contributed by atoms with E-state index in [2.05, 4.69) is 43.8 Å². The van der Waals surface area contributed by atoms with Crippen LogP contribution >= 0.6 is 0 Å². The van der Waals surface area contributed by atoms with Gasteiger partial charge in [-0.3, -0.25) is 0 Å². The molecule has 0 bridgehead atoms. The molecule has 0 saturated carbocycles. The highest BCUT2D eigenvalue weighted by atomic mass is 16.4. The van der Waals surface area contributed by atoms with Crippen molar-refractivity contribution in [1.29, 1.82) is 0 Å². The van der Waals surface area contributed by atoms with Crippen LogP contribution in [0.25, 0.3) is 0 Å². The van der Waals surface area contributed by atoms with Crippen LogP contribution in [-0.2, 0) is 6.42 Å². The number of aryl methyl sites for hydroxylation is 2. The molecule has 0 radical (unpaired) electrons. The van der Waals surface area contributed by atoms with Gasteiger partial charge in [-0.05, 0) is 20.3 Å². The standard InChI is InChI=1S/C15H22N6O/c1-4-5-13-18-19-15(22-13)21-8-6-20(7-9-21)14-11(2)12(3)16-10-17-14/h10H,4-9H2,1-3H3. The van der Waals surface area contributed by atoms with Crippen molar-refractivity contribution >= 4 is 11.8 Å². The molecule has 0 spiro atoms. The van der Waals surface area contributed by atoms with E-state index >= 15 is 0 Å². The van der Waals surface area contributed by atoms with Crippen molar-refractivity contribution in [1.82, 2.24) is 20.2 Å². The molecule has 3 heterocycles. The topological polar surface area (TPSA) is 71.2 Å². The van der Waals surface area contributed by atoms with Crippen LogP contribution in [0, 0.1) is 13.8 Å². The van der Waals surface area contributed by atoms with E-state index in [1.807, 2.05) is 6.92 Å². The Morgan fingerprint density at radius 2 is 1.77 bits per heavy atom. The maximum absolute atomic E-state index is 5.71. The molecule has 0 aliphatic carbocycles. The molecule has 7 heteroatoms. The van der Waals surface area contributed by atoms with Crippen molar-refractivity contribution in [2.24, 2.45) is 0 Å². The normalized spacial score (nSPS) is 15.4. The Morgan fingerprint density at radius 3 is 2.50 bits per heavy atom. The maximum Gasteiger partial charge on any atom is 0.318 e. The minimum Gasteiger partial charge on any atom is -0.408 e.